The van der Waals surface area contributed by atoms with E-state index in [1.54, 1.807) is 16.9 Å². The minimum Gasteiger partial charge on any atom is -0.318 e. The van der Waals surface area contributed by atoms with Crippen molar-refractivity contribution in [2.75, 3.05) is 5.32 Å². The lowest BCUT2D eigenvalue weighted by Crippen LogP contribution is -2.17. The number of hydrogen-bond acceptors (Lipinski definition) is 5. The van der Waals surface area contributed by atoms with Gasteiger partial charge in [-0.2, -0.15) is 10.2 Å². The Morgan fingerprint density at radius 1 is 1.42 bits per heavy atom. The van der Waals surface area contributed by atoms with Crippen molar-refractivity contribution in [3.05, 3.63) is 68.7 Å². The lowest BCUT2D eigenvalue weighted by molar-refractivity contribution is -0.385. The van der Waals surface area contributed by atoms with E-state index in [-0.39, 0.29) is 17.1 Å². The monoisotopic (exact) mass is 374 g/mol. The molecule has 1 aromatic carbocycles. The molecule has 2 aromatic heterocycles. The zero-order valence-electron chi connectivity index (χ0n) is 14.0. The molecular formula is C16H15ClN6O3. The number of halogens is 1. The number of carbonyl (C=O) groups excluding carboxylic acids is 1. The number of anilines is 1. The van der Waals surface area contributed by atoms with Crippen LogP contribution in [0.3, 0.4) is 0 Å². The molecule has 0 saturated carbocycles. The number of nitro groups is 1. The molecule has 0 aliphatic carbocycles. The first-order valence-electron chi connectivity index (χ1n) is 7.61. The van der Waals surface area contributed by atoms with Gasteiger partial charge in [0.1, 0.15) is 5.69 Å². The van der Waals surface area contributed by atoms with Gasteiger partial charge in [-0.05, 0) is 24.6 Å². The van der Waals surface area contributed by atoms with E-state index < -0.39 is 10.8 Å². The van der Waals surface area contributed by atoms with Crippen LogP contribution in [-0.2, 0) is 13.6 Å². The zero-order chi connectivity index (χ0) is 18.8. The third-order valence-electron chi connectivity index (χ3n) is 3.71. The Kier molecular flexibility index (Phi) is 4.72. The van der Waals surface area contributed by atoms with E-state index in [1.807, 2.05) is 18.2 Å². The van der Waals surface area contributed by atoms with Crippen LogP contribution < -0.4 is 5.32 Å². The Morgan fingerprint density at radius 2 is 2.19 bits per heavy atom. The van der Waals surface area contributed by atoms with Gasteiger partial charge in [-0.25, -0.2) is 0 Å². The normalized spacial score (nSPS) is 10.7. The number of carbonyl (C=O) groups is 1. The summed E-state index contributed by atoms with van der Waals surface area (Å²) >= 11 is 5.96. The second-order valence-electron chi connectivity index (χ2n) is 5.67. The van der Waals surface area contributed by atoms with E-state index in [0.29, 0.717) is 17.3 Å². The maximum Gasteiger partial charge on any atom is 0.322 e. The molecule has 10 heteroatoms. The van der Waals surface area contributed by atoms with Crippen molar-refractivity contribution in [3.8, 4) is 0 Å². The van der Waals surface area contributed by atoms with Crippen molar-refractivity contribution in [1.82, 2.24) is 19.6 Å². The minimum atomic E-state index is -0.623. The zero-order valence-corrected chi connectivity index (χ0v) is 14.8. The quantitative estimate of drug-likeness (QED) is 0.545. The van der Waals surface area contributed by atoms with Crippen molar-refractivity contribution < 1.29 is 9.72 Å². The number of nitrogens with zero attached hydrogens (tertiary/aromatic N) is 5. The van der Waals surface area contributed by atoms with Gasteiger partial charge >= 0.3 is 5.69 Å². The van der Waals surface area contributed by atoms with Gasteiger partial charge in [-0.15, -0.1) is 0 Å². The van der Waals surface area contributed by atoms with E-state index in [9.17, 15) is 14.9 Å². The average Bonchev–Trinajstić information content (AvgIpc) is 3.10. The predicted molar refractivity (Wildman–Crippen MR) is 95.3 cm³/mol. The molecule has 134 valence electrons. The van der Waals surface area contributed by atoms with Crippen LogP contribution in [0.1, 0.15) is 21.7 Å². The molecule has 0 aliphatic heterocycles. The van der Waals surface area contributed by atoms with Crippen molar-refractivity contribution in [3.63, 3.8) is 0 Å². The molecule has 26 heavy (non-hydrogen) atoms. The molecule has 0 fully saturated rings. The van der Waals surface area contributed by atoms with Gasteiger partial charge in [-0.1, -0.05) is 23.7 Å². The van der Waals surface area contributed by atoms with E-state index in [1.165, 1.54) is 24.9 Å². The summed E-state index contributed by atoms with van der Waals surface area (Å²) in [7, 11) is 1.48. The van der Waals surface area contributed by atoms with Crippen LogP contribution in [0, 0.1) is 17.0 Å². The van der Waals surface area contributed by atoms with Crippen molar-refractivity contribution in [2.24, 2.45) is 7.05 Å². The maximum absolute atomic E-state index is 12.5. The van der Waals surface area contributed by atoms with E-state index >= 15 is 0 Å². The summed E-state index contributed by atoms with van der Waals surface area (Å²) in [5, 5.41) is 22.6. The number of benzene rings is 1. The van der Waals surface area contributed by atoms with Crippen LogP contribution in [0.25, 0.3) is 0 Å². The first kappa shape index (κ1) is 17.6. The Bertz CT molecular complexity index is 994. The standard InChI is InChI=1S/C16H15ClN6O3/c1-10-14(23(25)26)15(21(2)20-10)16(24)19-13-7-18-22(9-13)8-11-4-3-5-12(17)6-11/h3-7,9H,8H2,1-2H3,(H,19,24). The van der Waals surface area contributed by atoms with Gasteiger partial charge in [0.25, 0.3) is 5.91 Å². The molecule has 1 N–H and O–H groups in total. The molecule has 0 unspecified atom stereocenters. The lowest BCUT2D eigenvalue weighted by Gasteiger charge is -2.03. The number of hydrogen-bond donors (Lipinski definition) is 1. The molecule has 3 aromatic rings. The van der Waals surface area contributed by atoms with Crippen molar-refractivity contribution >= 4 is 28.9 Å². The molecule has 0 atom stereocenters. The smallest absolute Gasteiger partial charge is 0.318 e. The van der Waals surface area contributed by atoms with Crippen LogP contribution in [0.2, 0.25) is 5.02 Å². The lowest BCUT2D eigenvalue weighted by atomic mass is 10.2. The third-order valence-corrected chi connectivity index (χ3v) is 3.95. The molecule has 0 aliphatic rings. The largest absolute Gasteiger partial charge is 0.322 e. The molecule has 0 radical (unpaired) electrons. The van der Waals surface area contributed by atoms with Crippen molar-refractivity contribution in [1.29, 1.82) is 0 Å². The first-order chi connectivity index (χ1) is 12.3. The number of aryl methyl sites for hydroxylation is 2. The van der Waals surface area contributed by atoms with Crippen LogP contribution in [0.4, 0.5) is 11.4 Å². The topological polar surface area (TPSA) is 108 Å². The summed E-state index contributed by atoms with van der Waals surface area (Å²) in [6, 6.07) is 7.35. The SMILES string of the molecule is Cc1nn(C)c(C(=O)Nc2cnn(Cc3cccc(Cl)c3)c2)c1[N+](=O)[O-]. The van der Waals surface area contributed by atoms with Gasteiger partial charge in [0.2, 0.25) is 5.69 Å². The van der Waals surface area contributed by atoms with Crippen LogP contribution in [0.15, 0.2) is 36.7 Å². The Morgan fingerprint density at radius 3 is 2.88 bits per heavy atom. The summed E-state index contributed by atoms with van der Waals surface area (Å²) in [5.41, 5.74) is 1.13. The highest BCUT2D eigenvalue weighted by molar-refractivity contribution is 6.30. The van der Waals surface area contributed by atoms with Gasteiger partial charge < -0.3 is 5.32 Å². The van der Waals surface area contributed by atoms with Crippen molar-refractivity contribution in [2.45, 2.75) is 13.5 Å². The number of nitrogens with one attached hydrogen (secondary N) is 1. The fourth-order valence-corrected chi connectivity index (χ4v) is 2.86. The van der Waals surface area contributed by atoms with Gasteiger partial charge in [0, 0.05) is 18.3 Å². The third kappa shape index (κ3) is 3.57. The molecule has 0 saturated heterocycles. The Hall–Kier alpha value is -3.20. The molecule has 9 nitrogen and oxygen atoms in total. The van der Waals surface area contributed by atoms with E-state index in [0.717, 1.165) is 5.56 Å². The molecule has 3 rings (SSSR count). The highest BCUT2D eigenvalue weighted by Gasteiger charge is 2.29. The molecule has 0 bridgehead atoms. The number of amides is 1. The Balaban J connectivity index is 1.77. The summed E-state index contributed by atoms with van der Waals surface area (Å²) in [5.74, 6) is -0.623. The molecule has 1 amide bonds. The average molecular weight is 375 g/mol. The van der Waals surface area contributed by atoms with E-state index in [2.05, 4.69) is 15.5 Å². The van der Waals surface area contributed by atoms with E-state index in [4.69, 9.17) is 11.6 Å². The minimum absolute atomic E-state index is 0.116. The molecule has 2 heterocycles. The maximum atomic E-state index is 12.5. The second-order valence-corrected chi connectivity index (χ2v) is 6.11. The predicted octanol–water partition coefficient (Wildman–Crippen LogP) is 2.79. The van der Waals surface area contributed by atoms with Crippen LogP contribution in [-0.4, -0.2) is 30.4 Å². The highest BCUT2D eigenvalue weighted by atomic mass is 35.5. The summed E-state index contributed by atoms with van der Waals surface area (Å²) in [4.78, 5) is 23.0. The second kappa shape index (κ2) is 6.96. The number of aromatic nitrogens is 4. The van der Waals surface area contributed by atoms with Gasteiger partial charge in [0.15, 0.2) is 0 Å². The molecular weight excluding hydrogens is 360 g/mol. The number of rotatable bonds is 5. The van der Waals surface area contributed by atoms with Crippen LogP contribution in [0.5, 0.6) is 0 Å². The highest BCUT2D eigenvalue weighted by Crippen LogP contribution is 2.23. The van der Waals surface area contributed by atoms with Crippen LogP contribution >= 0.6 is 11.6 Å². The molecule has 0 spiro atoms. The fraction of sp³-hybridized carbons (Fsp3) is 0.188. The summed E-state index contributed by atoms with van der Waals surface area (Å²) < 4.78 is 2.82. The summed E-state index contributed by atoms with van der Waals surface area (Å²) in [6.45, 7) is 1.96. The fourth-order valence-electron chi connectivity index (χ4n) is 2.65. The summed E-state index contributed by atoms with van der Waals surface area (Å²) in [6.07, 6.45) is 3.10. The first-order valence-corrected chi connectivity index (χ1v) is 7.99. The van der Waals surface area contributed by atoms with Gasteiger partial charge in [-0.3, -0.25) is 24.3 Å². The Labute approximate surface area is 153 Å². The van der Waals surface area contributed by atoms with Gasteiger partial charge in [0.05, 0.1) is 23.4 Å².